The topological polar surface area (TPSA) is 73.8 Å². The van der Waals surface area contributed by atoms with E-state index in [1.807, 2.05) is 0 Å². The Balaban J connectivity index is 2.56. The molecule has 0 aliphatic carbocycles. The van der Waals surface area contributed by atoms with Crippen molar-refractivity contribution in [2.24, 2.45) is 0 Å². The summed E-state index contributed by atoms with van der Waals surface area (Å²) in [7, 11) is 0. The van der Waals surface area contributed by atoms with Crippen molar-refractivity contribution in [3.8, 4) is 0 Å². The molecule has 0 saturated carbocycles. The predicted molar refractivity (Wildman–Crippen MR) is 54.4 cm³/mol. The number of rotatable bonds is 3. The highest BCUT2D eigenvalue weighted by Crippen LogP contribution is 2.18. The summed E-state index contributed by atoms with van der Waals surface area (Å²) in [6, 6.07) is 4.48. The molecule has 6 heteroatoms. The van der Waals surface area contributed by atoms with Crippen LogP contribution >= 0.6 is 0 Å². The van der Waals surface area contributed by atoms with Crippen molar-refractivity contribution in [2.75, 3.05) is 0 Å². The van der Waals surface area contributed by atoms with Crippen LogP contribution in [0.1, 0.15) is 0 Å². The van der Waals surface area contributed by atoms with E-state index in [9.17, 15) is 10.1 Å². The second kappa shape index (κ2) is 3.49. The van der Waals surface area contributed by atoms with Crippen LogP contribution in [0.5, 0.6) is 0 Å². The number of nitro groups is 1. The second-order valence-corrected chi connectivity index (χ2v) is 2.99. The second-order valence-electron chi connectivity index (χ2n) is 2.99. The maximum absolute atomic E-state index is 10.5. The van der Waals surface area contributed by atoms with E-state index in [4.69, 9.17) is 0 Å². The molecule has 1 heterocycles. The Kier molecular flexibility index (Phi) is 2.17. The molecule has 0 atom stereocenters. The molecule has 76 valence electrons. The summed E-state index contributed by atoms with van der Waals surface area (Å²) in [5, 5.41) is 18.2. The van der Waals surface area contributed by atoms with Gasteiger partial charge in [0.1, 0.15) is 5.52 Å². The van der Waals surface area contributed by atoms with Gasteiger partial charge in [0, 0.05) is 12.1 Å². The van der Waals surface area contributed by atoms with E-state index in [-0.39, 0.29) is 5.69 Å². The molecule has 2 aromatic rings. The molecule has 0 aliphatic heterocycles. The zero-order valence-corrected chi connectivity index (χ0v) is 7.83. The van der Waals surface area contributed by atoms with Crippen LogP contribution < -0.4 is 0 Å². The van der Waals surface area contributed by atoms with Gasteiger partial charge in [-0.2, -0.15) is 0 Å². The number of allylic oxidation sites excluding steroid dienone is 1. The number of nitrogens with zero attached hydrogens (tertiary/aromatic N) is 4. The number of aromatic nitrogens is 3. The lowest BCUT2D eigenvalue weighted by molar-refractivity contribution is -0.384. The highest BCUT2D eigenvalue weighted by Gasteiger charge is 2.09. The van der Waals surface area contributed by atoms with Gasteiger partial charge in [0.15, 0.2) is 0 Å². The van der Waals surface area contributed by atoms with Gasteiger partial charge < -0.3 is 0 Å². The first-order valence-electron chi connectivity index (χ1n) is 4.31. The highest BCUT2D eigenvalue weighted by molar-refractivity contribution is 5.77. The smallest absolute Gasteiger partial charge is 0.258 e. The van der Waals surface area contributed by atoms with E-state index in [1.54, 1.807) is 16.8 Å². The molecule has 0 aliphatic rings. The van der Waals surface area contributed by atoms with Crippen molar-refractivity contribution in [3.63, 3.8) is 0 Å². The van der Waals surface area contributed by atoms with Gasteiger partial charge in [0.05, 0.1) is 17.0 Å². The standard InChI is InChI=1S/C9H8N4O2/c1-2-5-12-9-4-3-7(13(14)15)6-8(9)10-11-12/h2-4,6H,1,5H2. The fourth-order valence-corrected chi connectivity index (χ4v) is 1.33. The molecule has 1 aromatic carbocycles. The summed E-state index contributed by atoms with van der Waals surface area (Å²) < 4.78 is 1.63. The first kappa shape index (κ1) is 9.32. The number of fused-ring (bicyclic) bond motifs is 1. The molecule has 15 heavy (non-hydrogen) atoms. The average Bonchev–Trinajstić information content (AvgIpc) is 2.61. The summed E-state index contributed by atoms with van der Waals surface area (Å²) in [5.41, 5.74) is 1.31. The number of nitro benzene ring substituents is 1. The number of hydrogen-bond acceptors (Lipinski definition) is 4. The third-order valence-electron chi connectivity index (χ3n) is 2.01. The van der Waals surface area contributed by atoms with Gasteiger partial charge in [-0.3, -0.25) is 10.1 Å². The van der Waals surface area contributed by atoms with E-state index in [2.05, 4.69) is 16.9 Å². The Bertz CT molecular complexity index is 532. The van der Waals surface area contributed by atoms with Gasteiger partial charge in [0.25, 0.3) is 5.69 Å². The molecule has 0 saturated heterocycles. The third-order valence-corrected chi connectivity index (χ3v) is 2.01. The summed E-state index contributed by atoms with van der Waals surface area (Å²) in [6.07, 6.45) is 1.69. The zero-order valence-electron chi connectivity index (χ0n) is 7.83. The van der Waals surface area contributed by atoms with Crippen LogP contribution in [-0.4, -0.2) is 19.9 Å². The molecular formula is C9H8N4O2. The predicted octanol–water partition coefficient (Wildman–Crippen LogP) is 1.53. The Morgan fingerprint density at radius 1 is 1.60 bits per heavy atom. The molecule has 0 fully saturated rings. The van der Waals surface area contributed by atoms with Crippen molar-refractivity contribution < 1.29 is 4.92 Å². The highest BCUT2D eigenvalue weighted by atomic mass is 16.6. The van der Waals surface area contributed by atoms with E-state index >= 15 is 0 Å². The maximum Gasteiger partial charge on any atom is 0.271 e. The zero-order chi connectivity index (χ0) is 10.8. The minimum Gasteiger partial charge on any atom is -0.258 e. The van der Waals surface area contributed by atoms with Gasteiger partial charge >= 0.3 is 0 Å². The number of non-ortho nitro benzene ring substituents is 1. The summed E-state index contributed by atoms with van der Waals surface area (Å²) in [4.78, 5) is 10.1. The van der Waals surface area contributed by atoms with Gasteiger partial charge in [0.2, 0.25) is 0 Å². The molecule has 0 unspecified atom stereocenters. The fourth-order valence-electron chi connectivity index (χ4n) is 1.33. The van der Waals surface area contributed by atoms with Gasteiger partial charge in [-0.1, -0.05) is 11.3 Å². The van der Waals surface area contributed by atoms with Crippen LogP contribution in [0.25, 0.3) is 11.0 Å². The molecule has 0 spiro atoms. The van der Waals surface area contributed by atoms with E-state index < -0.39 is 4.92 Å². The molecule has 6 nitrogen and oxygen atoms in total. The lowest BCUT2D eigenvalue weighted by Gasteiger charge is -1.95. The number of benzene rings is 1. The van der Waals surface area contributed by atoms with Gasteiger partial charge in [-0.15, -0.1) is 11.7 Å². The summed E-state index contributed by atoms with van der Waals surface area (Å²) >= 11 is 0. The Morgan fingerprint density at radius 3 is 3.07 bits per heavy atom. The van der Waals surface area contributed by atoms with Crippen molar-refractivity contribution in [3.05, 3.63) is 41.0 Å². The monoisotopic (exact) mass is 204 g/mol. The average molecular weight is 204 g/mol. The summed E-state index contributed by atoms with van der Waals surface area (Å²) in [6.45, 7) is 4.13. The van der Waals surface area contributed by atoms with Crippen LogP contribution in [-0.2, 0) is 6.54 Å². The quantitative estimate of drug-likeness (QED) is 0.431. The van der Waals surface area contributed by atoms with E-state index in [0.717, 1.165) is 5.52 Å². The molecule has 1 aromatic heterocycles. The SMILES string of the molecule is C=CCn1nnc2cc([N+](=O)[O-])ccc21. The normalized spacial score (nSPS) is 10.4. The maximum atomic E-state index is 10.5. The van der Waals surface area contributed by atoms with Crippen molar-refractivity contribution in [1.82, 2.24) is 15.0 Å². The van der Waals surface area contributed by atoms with Crippen LogP contribution in [0, 0.1) is 10.1 Å². The third kappa shape index (κ3) is 1.56. The van der Waals surface area contributed by atoms with Gasteiger partial charge in [-0.25, -0.2) is 4.68 Å². The lowest BCUT2D eigenvalue weighted by atomic mass is 10.3. The largest absolute Gasteiger partial charge is 0.271 e. The molecule has 0 N–H and O–H groups in total. The van der Waals surface area contributed by atoms with Crippen LogP contribution in [0.15, 0.2) is 30.9 Å². The van der Waals surface area contributed by atoms with Crippen molar-refractivity contribution in [2.45, 2.75) is 6.54 Å². The fraction of sp³-hybridized carbons (Fsp3) is 0.111. The molecule has 2 rings (SSSR count). The molecular weight excluding hydrogens is 196 g/mol. The van der Waals surface area contributed by atoms with Crippen LogP contribution in [0.3, 0.4) is 0 Å². The molecule has 0 amide bonds. The van der Waals surface area contributed by atoms with Crippen molar-refractivity contribution >= 4 is 16.7 Å². The minimum atomic E-state index is -0.452. The Hall–Kier alpha value is -2.24. The van der Waals surface area contributed by atoms with E-state index in [1.165, 1.54) is 12.1 Å². The summed E-state index contributed by atoms with van der Waals surface area (Å²) in [5.74, 6) is 0. The van der Waals surface area contributed by atoms with Crippen LogP contribution in [0.4, 0.5) is 5.69 Å². The van der Waals surface area contributed by atoms with Crippen molar-refractivity contribution in [1.29, 1.82) is 0 Å². The van der Waals surface area contributed by atoms with Gasteiger partial charge in [-0.05, 0) is 6.07 Å². The first-order valence-corrected chi connectivity index (χ1v) is 4.31. The first-order chi connectivity index (χ1) is 7.22. The molecule has 0 radical (unpaired) electrons. The lowest BCUT2D eigenvalue weighted by Crippen LogP contribution is -1.96. The number of hydrogen-bond donors (Lipinski definition) is 0. The van der Waals surface area contributed by atoms with E-state index in [0.29, 0.717) is 12.1 Å². The molecule has 0 bridgehead atoms. The Morgan fingerprint density at radius 2 is 2.40 bits per heavy atom. The van der Waals surface area contributed by atoms with Crippen LogP contribution in [0.2, 0.25) is 0 Å². The minimum absolute atomic E-state index is 0.0214. The Labute approximate surface area is 85.0 Å².